The number of halogens is 2. The number of methoxy groups -OCH3 is 2. The van der Waals surface area contributed by atoms with Crippen molar-refractivity contribution >= 4 is 46.9 Å². The summed E-state index contributed by atoms with van der Waals surface area (Å²) < 4.78 is 25.5. The van der Waals surface area contributed by atoms with E-state index in [0.29, 0.717) is 21.7 Å². The first-order valence-electron chi connectivity index (χ1n) is 16.8. The highest BCUT2D eigenvalue weighted by molar-refractivity contribution is 6.30. The standard InChI is InChI=1S/C38H35ClFN3O9/c1-51-28-16-23(44)17-29(52-2)32(28)33-24-13-14-25-31(36(49)42(34(25)47)15-3-4-30(45)46)26(24)18-27-35(48)43(41-22-11-9-21(40)10-12-22)37(50)38(27,33)19-5-7-20(39)8-6-19/h5-13,16-17,25-27,31,33,41,44H,3-4,14-15,18H2,1-2H3,(H,45,46)/t25-,26+,27-,31-,33+,38+/m0/s1. The Bertz CT molecular complexity index is 2000. The van der Waals surface area contributed by atoms with Gasteiger partial charge in [-0.05, 0) is 67.1 Å². The van der Waals surface area contributed by atoms with Gasteiger partial charge in [0, 0.05) is 41.6 Å². The van der Waals surface area contributed by atoms with E-state index in [4.69, 9.17) is 21.1 Å². The Balaban J connectivity index is 1.46. The zero-order chi connectivity index (χ0) is 37.1. The van der Waals surface area contributed by atoms with Gasteiger partial charge in [-0.15, -0.1) is 0 Å². The fourth-order valence-corrected chi connectivity index (χ4v) is 8.98. The summed E-state index contributed by atoms with van der Waals surface area (Å²) in [5, 5.41) is 21.2. The molecule has 2 heterocycles. The normalized spacial score (nSPS) is 26.5. The van der Waals surface area contributed by atoms with Gasteiger partial charge in [-0.1, -0.05) is 35.4 Å². The maximum Gasteiger partial charge on any atom is 0.303 e. The molecule has 3 aromatic rings. The van der Waals surface area contributed by atoms with Crippen LogP contribution in [0.3, 0.4) is 0 Å². The summed E-state index contributed by atoms with van der Waals surface area (Å²) in [6.45, 7) is -0.0625. The highest BCUT2D eigenvalue weighted by Crippen LogP contribution is 2.66. The van der Waals surface area contributed by atoms with Crippen LogP contribution in [0.15, 0.2) is 72.3 Å². The monoisotopic (exact) mass is 731 g/mol. The molecule has 0 radical (unpaired) electrons. The van der Waals surface area contributed by atoms with Gasteiger partial charge < -0.3 is 19.7 Å². The van der Waals surface area contributed by atoms with Crippen LogP contribution in [0.1, 0.15) is 42.7 Å². The van der Waals surface area contributed by atoms with Gasteiger partial charge in [0.25, 0.3) is 11.8 Å². The lowest BCUT2D eigenvalue weighted by Crippen LogP contribution is -2.53. The van der Waals surface area contributed by atoms with E-state index in [1.54, 1.807) is 24.3 Å². The third kappa shape index (κ3) is 5.37. The second kappa shape index (κ2) is 13.3. The smallest absolute Gasteiger partial charge is 0.303 e. The van der Waals surface area contributed by atoms with E-state index in [1.165, 1.54) is 50.6 Å². The molecule has 0 bridgehead atoms. The number of hydrazine groups is 1. The fourth-order valence-electron chi connectivity index (χ4n) is 8.85. The number of carbonyl (C=O) groups is 5. The summed E-state index contributed by atoms with van der Waals surface area (Å²) in [6, 6.07) is 14.5. The number of phenols is 1. The van der Waals surface area contributed by atoms with Gasteiger partial charge in [0.2, 0.25) is 11.8 Å². The molecule has 1 saturated carbocycles. The number of carboxylic acids is 1. The molecule has 270 valence electrons. The lowest BCUT2D eigenvalue weighted by molar-refractivity contribution is -0.142. The lowest BCUT2D eigenvalue weighted by atomic mass is 9.49. The Morgan fingerprint density at radius 3 is 2.23 bits per heavy atom. The first kappa shape index (κ1) is 35.0. The number of likely N-dealkylation sites (tertiary alicyclic amines) is 1. The van der Waals surface area contributed by atoms with Crippen molar-refractivity contribution in [2.24, 2.45) is 23.7 Å². The van der Waals surface area contributed by atoms with E-state index in [2.05, 4.69) is 5.43 Å². The predicted octanol–water partition coefficient (Wildman–Crippen LogP) is 5.05. The minimum Gasteiger partial charge on any atom is -0.508 e. The number of allylic oxidation sites excluding steroid dienone is 2. The lowest BCUT2D eigenvalue weighted by Gasteiger charge is -2.51. The van der Waals surface area contributed by atoms with Crippen LogP contribution < -0.4 is 14.9 Å². The Morgan fingerprint density at radius 2 is 1.62 bits per heavy atom. The van der Waals surface area contributed by atoms with Crippen molar-refractivity contribution in [3.63, 3.8) is 0 Å². The largest absolute Gasteiger partial charge is 0.508 e. The van der Waals surface area contributed by atoms with Crippen LogP contribution in [-0.2, 0) is 29.4 Å². The number of hydrogen-bond donors (Lipinski definition) is 3. The molecule has 3 N–H and O–H groups in total. The van der Waals surface area contributed by atoms with E-state index in [-0.39, 0.29) is 55.2 Å². The van der Waals surface area contributed by atoms with Crippen molar-refractivity contribution < 1.29 is 48.0 Å². The number of nitrogens with zero attached hydrogens (tertiary/aromatic N) is 2. The third-order valence-corrected chi connectivity index (χ3v) is 11.2. The van der Waals surface area contributed by atoms with Crippen molar-refractivity contribution in [1.29, 1.82) is 0 Å². The van der Waals surface area contributed by atoms with E-state index in [9.17, 15) is 33.8 Å². The molecule has 6 atom stereocenters. The number of amides is 4. The number of aromatic hydroxyl groups is 1. The molecule has 4 amide bonds. The number of carboxylic acid groups (broad SMARTS) is 1. The molecule has 0 aromatic heterocycles. The fraction of sp³-hybridized carbons (Fsp3) is 0.342. The quantitative estimate of drug-likeness (QED) is 0.190. The number of hydrogen-bond acceptors (Lipinski definition) is 9. The zero-order valence-corrected chi connectivity index (χ0v) is 28.9. The molecule has 2 saturated heterocycles. The predicted molar refractivity (Wildman–Crippen MR) is 184 cm³/mol. The molecule has 7 rings (SSSR count). The zero-order valence-electron chi connectivity index (χ0n) is 28.2. The van der Waals surface area contributed by atoms with Gasteiger partial charge in [-0.2, -0.15) is 5.01 Å². The summed E-state index contributed by atoms with van der Waals surface area (Å²) in [6.07, 6.45) is 1.87. The van der Waals surface area contributed by atoms with Gasteiger partial charge in [0.1, 0.15) is 23.1 Å². The van der Waals surface area contributed by atoms with E-state index in [1.807, 2.05) is 6.08 Å². The number of fused-ring (bicyclic) bond motifs is 4. The van der Waals surface area contributed by atoms with Gasteiger partial charge in [-0.25, -0.2) is 4.39 Å². The molecule has 2 aliphatic carbocycles. The molecule has 0 unspecified atom stereocenters. The number of anilines is 1. The minimum atomic E-state index is -1.70. The summed E-state index contributed by atoms with van der Waals surface area (Å²) >= 11 is 6.35. The molecule has 2 aliphatic heterocycles. The van der Waals surface area contributed by atoms with Crippen molar-refractivity contribution in [3.8, 4) is 17.2 Å². The van der Waals surface area contributed by atoms with Crippen molar-refractivity contribution in [3.05, 3.63) is 94.3 Å². The number of benzene rings is 3. The highest BCUT2D eigenvalue weighted by atomic mass is 35.5. The number of nitrogens with one attached hydrogen (secondary N) is 1. The van der Waals surface area contributed by atoms with E-state index in [0.717, 1.165) is 9.91 Å². The third-order valence-electron chi connectivity index (χ3n) is 10.9. The number of rotatable bonds is 10. The van der Waals surface area contributed by atoms with E-state index >= 15 is 4.79 Å². The molecule has 0 spiro atoms. The van der Waals surface area contributed by atoms with E-state index < -0.39 is 70.4 Å². The Labute approximate surface area is 302 Å². The van der Waals surface area contributed by atoms with Crippen LogP contribution in [0.25, 0.3) is 0 Å². The van der Waals surface area contributed by atoms with Crippen LogP contribution in [0, 0.1) is 29.5 Å². The summed E-state index contributed by atoms with van der Waals surface area (Å²) in [5.41, 5.74) is 2.87. The maximum absolute atomic E-state index is 15.3. The summed E-state index contributed by atoms with van der Waals surface area (Å²) in [4.78, 5) is 70.4. The molecule has 12 nitrogen and oxygen atoms in total. The van der Waals surface area contributed by atoms with Crippen LogP contribution in [-0.4, -0.2) is 70.5 Å². The number of carbonyl (C=O) groups excluding carboxylic acids is 4. The second-order valence-corrected chi connectivity index (χ2v) is 13.9. The number of imide groups is 2. The van der Waals surface area contributed by atoms with Crippen molar-refractivity contribution in [2.45, 2.75) is 37.0 Å². The van der Waals surface area contributed by atoms with Crippen LogP contribution >= 0.6 is 11.6 Å². The van der Waals surface area contributed by atoms with Crippen LogP contribution in [0.2, 0.25) is 5.02 Å². The SMILES string of the molecule is COc1cc(O)cc(OC)c1[C@H]1C2=CC[C@@H]3C(=O)N(CCCC(=O)O)C(=O)[C@@H]3[C@@H]2C[C@H]2C(=O)N(Nc3ccc(F)cc3)C(=O)[C@@]12c1ccc(Cl)cc1. The van der Waals surface area contributed by atoms with Gasteiger partial charge in [0.15, 0.2) is 0 Å². The molecular weight excluding hydrogens is 697 g/mol. The molecule has 4 aliphatic rings. The summed E-state index contributed by atoms with van der Waals surface area (Å²) in [7, 11) is 2.79. The van der Waals surface area contributed by atoms with Gasteiger partial charge >= 0.3 is 5.97 Å². The number of ether oxygens (including phenoxy) is 2. The number of phenolic OH excluding ortho intramolecular Hbond substituents is 1. The highest BCUT2D eigenvalue weighted by Gasteiger charge is 2.71. The average molecular weight is 732 g/mol. The molecule has 3 fully saturated rings. The number of aliphatic carboxylic acids is 1. The first-order valence-corrected chi connectivity index (χ1v) is 17.2. The van der Waals surface area contributed by atoms with Crippen molar-refractivity contribution in [2.75, 3.05) is 26.2 Å². The minimum absolute atomic E-state index is 0.00297. The maximum atomic E-state index is 15.3. The molecular formula is C38H35ClFN3O9. The average Bonchev–Trinajstić information content (AvgIpc) is 3.49. The molecule has 52 heavy (non-hydrogen) atoms. The second-order valence-electron chi connectivity index (χ2n) is 13.5. The van der Waals surface area contributed by atoms with Gasteiger partial charge in [0.05, 0.1) is 43.1 Å². The topological polar surface area (TPSA) is 163 Å². The van der Waals surface area contributed by atoms with Crippen LogP contribution in [0.5, 0.6) is 17.2 Å². The molecule has 3 aromatic carbocycles. The van der Waals surface area contributed by atoms with Crippen molar-refractivity contribution in [1.82, 2.24) is 9.91 Å². The van der Waals surface area contributed by atoms with Crippen LogP contribution in [0.4, 0.5) is 10.1 Å². The summed E-state index contributed by atoms with van der Waals surface area (Å²) in [5.74, 6) is -8.04. The first-order chi connectivity index (χ1) is 24.9. The Morgan fingerprint density at radius 1 is 0.962 bits per heavy atom. The molecule has 14 heteroatoms. The Hall–Kier alpha value is -5.43. The van der Waals surface area contributed by atoms with Gasteiger partial charge in [-0.3, -0.25) is 34.3 Å². The Kier molecular flexibility index (Phi) is 8.94.